The fourth-order valence-electron chi connectivity index (χ4n) is 10.7. The summed E-state index contributed by atoms with van der Waals surface area (Å²) in [5, 5.41) is 6.74. The topological polar surface area (TPSA) is 31.2 Å². The Kier molecular flexibility index (Phi) is 9.33. The summed E-state index contributed by atoms with van der Waals surface area (Å²) in [6.45, 7) is 6.84. The molecule has 13 rings (SSSR count). The predicted molar refractivity (Wildman–Crippen MR) is 286 cm³/mol. The second-order valence-electron chi connectivity index (χ2n) is 18.4. The maximum absolute atomic E-state index is 6.91. The molecule has 0 aliphatic carbocycles. The molecule has 0 spiro atoms. The molecule has 0 radical (unpaired) electrons. The van der Waals surface area contributed by atoms with Crippen LogP contribution in [0.25, 0.3) is 127 Å². The smallest absolute Gasteiger partial charge is 0.143 e. The highest BCUT2D eigenvalue weighted by Gasteiger charge is 2.21. The third-order valence-corrected chi connectivity index (χ3v) is 14.5. The van der Waals surface area contributed by atoms with E-state index in [0.29, 0.717) is 5.92 Å². The zero-order chi connectivity index (χ0) is 45.5. The first-order chi connectivity index (χ1) is 33.5. The first kappa shape index (κ1) is 39.9. The molecule has 0 aliphatic heterocycles. The van der Waals surface area contributed by atoms with E-state index in [-0.39, 0.29) is 0 Å². The van der Waals surface area contributed by atoms with Crippen LogP contribution in [0.15, 0.2) is 221 Å². The maximum atomic E-state index is 6.91. The summed E-state index contributed by atoms with van der Waals surface area (Å²) in [7, 11) is 0. The van der Waals surface area contributed by atoms with Crippen molar-refractivity contribution in [2.45, 2.75) is 33.1 Å². The number of fused-ring (bicyclic) bond motifs is 9. The minimum Gasteiger partial charge on any atom is -0.455 e. The predicted octanol–water partition coefficient (Wildman–Crippen LogP) is 18.7. The molecule has 3 aromatic heterocycles. The molecule has 0 bridgehead atoms. The molecule has 0 amide bonds. The summed E-state index contributed by atoms with van der Waals surface area (Å²) in [5.74, 6) is 0.407. The van der Waals surface area contributed by atoms with Crippen molar-refractivity contribution < 1.29 is 8.83 Å². The van der Waals surface area contributed by atoms with Gasteiger partial charge in [-0.1, -0.05) is 166 Å². The van der Waals surface area contributed by atoms with Crippen LogP contribution in [0.2, 0.25) is 0 Å². The van der Waals surface area contributed by atoms with Gasteiger partial charge in [0.05, 0.1) is 11.0 Å². The standard InChI is InChI=1S/C65H47NO2/c1-4-40(2)49-31-28-46(36-55(49)54-34-44(27-26-41(54)3)42-16-8-5-9-17-42)50-22-14-24-52-58-38-59-53-25-15-23-51(65(53)68-63(59)39-62(58)67-64(50)52)47-30-33-61-57(37-47)56-35-45(43-18-10-6-11-19-43)29-32-60(56)66(61)48-20-12-7-13-21-48/h5-40H,4H2,1-3H3/t40-/m1/s1. The van der Waals surface area contributed by atoms with Crippen molar-refractivity contribution in [3.8, 4) is 61.3 Å². The van der Waals surface area contributed by atoms with Gasteiger partial charge in [0.25, 0.3) is 0 Å². The molecule has 0 unspecified atom stereocenters. The van der Waals surface area contributed by atoms with Gasteiger partial charge in [0, 0.05) is 55.2 Å². The molecule has 0 aliphatic rings. The molecule has 0 N–H and O–H groups in total. The number of furan rings is 2. The lowest BCUT2D eigenvalue weighted by atomic mass is 9.85. The van der Waals surface area contributed by atoms with E-state index in [1.807, 2.05) is 0 Å². The molecule has 3 heterocycles. The van der Waals surface area contributed by atoms with E-state index >= 15 is 0 Å². The number of aryl methyl sites for hydroxylation is 1. The second kappa shape index (κ2) is 15.9. The van der Waals surface area contributed by atoms with E-state index in [2.05, 4.69) is 238 Å². The lowest BCUT2D eigenvalue weighted by molar-refractivity contribution is 0.657. The van der Waals surface area contributed by atoms with Crippen molar-refractivity contribution in [3.05, 3.63) is 223 Å². The highest BCUT2D eigenvalue weighted by molar-refractivity contribution is 6.19. The van der Waals surface area contributed by atoms with Crippen LogP contribution < -0.4 is 0 Å². The maximum Gasteiger partial charge on any atom is 0.143 e. The van der Waals surface area contributed by atoms with Crippen LogP contribution >= 0.6 is 0 Å². The fraction of sp³-hybridized carbons (Fsp3) is 0.0769. The quantitative estimate of drug-likeness (QED) is 0.152. The highest BCUT2D eigenvalue weighted by Crippen LogP contribution is 2.45. The van der Waals surface area contributed by atoms with Gasteiger partial charge < -0.3 is 13.4 Å². The van der Waals surface area contributed by atoms with Gasteiger partial charge in [-0.15, -0.1) is 0 Å². The van der Waals surface area contributed by atoms with Gasteiger partial charge >= 0.3 is 0 Å². The molecule has 3 heteroatoms. The minimum atomic E-state index is 0.407. The van der Waals surface area contributed by atoms with Crippen molar-refractivity contribution in [3.63, 3.8) is 0 Å². The van der Waals surface area contributed by atoms with Gasteiger partial charge in [-0.25, -0.2) is 0 Å². The van der Waals surface area contributed by atoms with Crippen LogP contribution in [0.5, 0.6) is 0 Å². The van der Waals surface area contributed by atoms with E-state index in [4.69, 9.17) is 8.83 Å². The molecule has 68 heavy (non-hydrogen) atoms. The Morgan fingerprint density at radius 3 is 1.49 bits per heavy atom. The normalized spacial score (nSPS) is 12.3. The monoisotopic (exact) mass is 873 g/mol. The average molecular weight is 874 g/mol. The Hall–Kier alpha value is -8.40. The first-order valence-electron chi connectivity index (χ1n) is 23.8. The Balaban J connectivity index is 0.937. The fourth-order valence-corrected chi connectivity index (χ4v) is 10.7. The SMILES string of the molecule is CC[C@@H](C)c1ccc(-c2cccc3c2oc2cc4oc5c(-c6ccc7c(c6)c6cc(-c8ccccc8)ccc6n7-c6ccccc6)cccc5c4cc23)cc1-c1cc(-c2ccccc2)ccc1C. The first-order valence-corrected chi connectivity index (χ1v) is 23.8. The van der Waals surface area contributed by atoms with E-state index in [9.17, 15) is 0 Å². The Bertz CT molecular complexity index is 4080. The molecule has 10 aromatic carbocycles. The van der Waals surface area contributed by atoms with E-state index in [1.54, 1.807) is 0 Å². The molecule has 0 saturated heterocycles. The summed E-state index contributed by atoms with van der Waals surface area (Å²) in [5.41, 5.74) is 21.3. The van der Waals surface area contributed by atoms with Gasteiger partial charge in [-0.2, -0.15) is 0 Å². The summed E-state index contributed by atoms with van der Waals surface area (Å²) in [6.07, 6.45) is 1.06. The van der Waals surface area contributed by atoms with Gasteiger partial charge in [-0.05, 0) is 129 Å². The summed E-state index contributed by atoms with van der Waals surface area (Å²) in [6, 6.07) is 77.0. The summed E-state index contributed by atoms with van der Waals surface area (Å²) in [4.78, 5) is 0. The number of hydrogen-bond acceptors (Lipinski definition) is 2. The molecule has 1 atom stereocenters. The minimum absolute atomic E-state index is 0.407. The molecular weight excluding hydrogens is 827 g/mol. The largest absolute Gasteiger partial charge is 0.455 e. The second-order valence-corrected chi connectivity index (χ2v) is 18.4. The van der Waals surface area contributed by atoms with Crippen LogP contribution in [0.3, 0.4) is 0 Å². The van der Waals surface area contributed by atoms with Gasteiger partial charge in [-0.3, -0.25) is 0 Å². The van der Waals surface area contributed by atoms with Crippen molar-refractivity contribution in [1.82, 2.24) is 4.57 Å². The van der Waals surface area contributed by atoms with Crippen molar-refractivity contribution in [2.75, 3.05) is 0 Å². The number of benzene rings is 10. The Morgan fingerprint density at radius 2 is 0.882 bits per heavy atom. The van der Waals surface area contributed by atoms with E-state index in [1.165, 1.54) is 66.3 Å². The molecule has 3 nitrogen and oxygen atoms in total. The van der Waals surface area contributed by atoms with Crippen LogP contribution in [0.4, 0.5) is 0 Å². The number of aromatic nitrogens is 1. The molecule has 0 saturated carbocycles. The van der Waals surface area contributed by atoms with Crippen molar-refractivity contribution in [2.24, 2.45) is 0 Å². The zero-order valence-corrected chi connectivity index (χ0v) is 38.3. The van der Waals surface area contributed by atoms with Crippen molar-refractivity contribution in [1.29, 1.82) is 0 Å². The van der Waals surface area contributed by atoms with E-state index < -0.39 is 0 Å². The third kappa shape index (κ3) is 6.42. The molecule has 324 valence electrons. The summed E-state index contributed by atoms with van der Waals surface area (Å²) >= 11 is 0. The Morgan fingerprint density at radius 1 is 0.382 bits per heavy atom. The number of rotatable bonds is 8. The number of para-hydroxylation sites is 3. The van der Waals surface area contributed by atoms with E-state index in [0.717, 1.165) is 78.2 Å². The van der Waals surface area contributed by atoms with Crippen LogP contribution in [-0.4, -0.2) is 4.57 Å². The zero-order valence-electron chi connectivity index (χ0n) is 38.3. The third-order valence-electron chi connectivity index (χ3n) is 14.5. The highest BCUT2D eigenvalue weighted by atomic mass is 16.3. The lowest BCUT2D eigenvalue weighted by Crippen LogP contribution is -1.98. The molecule has 0 fully saturated rings. The van der Waals surface area contributed by atoms with Crippen molar-refractivity contribution >= 4 is 65.7 Å². The van der Waals surface area contributed by atoms with Gasteiger partial charge in [0.1, 0.15) is 22.3 Å². The lowest BCUT2D eigenvalue weighted by Gasteiger charge is -2.19. The average Bonchev–Trinajstić information content (AvgIpc) is 4.07. The van der Waals surface area contributed by atoms with Crippen LogP contribution in [0.1, 0.15) is 37.3 Å². The molecule has 13 aromatic rings. The Labute approximate surface area is 395 Å². The van der Waals surface area contributed by atoms with Crippen LogP contribution in [-0.2, 0) is 0 Å². The van der Waals surface area contributed by atoms with Gasteiger partial charge in [0.15, 0.2) is 0 Å². The van der Waals surface area contributed by atoms with Gasteiger partial charge in [0.2, 0.25) is 0 Å². The number of nitrogens with zero attached hydrogens (tertiary/aromatic N) is 1. The van der Waals surface area contributed by atoms with Crippen LogP contribution in [0, 0.1) is 6.92 Å². The number of hydrogen-bond donors (Lipinski definition) is 0. The summed E-state index contributed by atoms with van der Waals surface area (Å²) < 4.78 is 16.2. The molecular formula is C65H47NO2.